The standard InChI is InChI=1S/C23H33N5OS/c1-16(2)28-17(3)15-19(18(28)4)22-21(20-7-5-6-8-24-20)25-23(30)27(22)10-9-26-11-13-29-14-12-26/h5-8,15-16,21-22H,9-14H2,1-4H3,(H,25,30)/t21-,22-/m1/s1. The van der Waals surface area contributed by atoms with E-state index in [0.29, 0.717) is 6.04 Å². The average Bonchev–Trinajstić information content (AvgIpc) is 3.23. The fraction of sp³-hybridized carbons (Fsp3) is 0.565. The predicted octanol–water partition coefficient (Wildman–Crippen LogP) is 3.39. The van der Waals surface area contributed by atoms with Crippen LogP contribution in [0.15, 0.2) is 30.5 Å². The Morgan fingerprint density at radius 1 is 1.20 bits per heavy atom. The maximum atomic E-state index is 5.83. The maximum absolute atomic E-state index is 5.83. The van der Waals surface area contributed by atoms with Crippen molar-refractivity contribution in [3.05, 3.63) is 53.1 Å². The molecule has 2 atom stereocenters. The number of hydrogen-bond acceptors (Lipinski definition) is 4. The first kappa shape index (κ1) is 21.3. The third kappa shape index (κ3) is 4.11. The molecule has 4 rings (SSSR count). The van der Waals surface area contributed by atoms with E-state index in [0.717, 1.165) is 50.2 Å². The van der Waals surface area contributed by atoms with Crippen LogP contribution in [0, 0.1) is 13.8 Å². The second kappa shape index (κ2) is 9.04. The highest BCUT2D eigenvalue weighted by molar-refractivity contribution is 7.80. The van der Waals surface area contributed by atoms with E-state index in [2.05, 4.69) is 70.6 Å². The van der Waals surface area contributed by atoms with Crippen molar-refractivity contribution in [1.82, 2.24) is 24.7 Å². The van der Waals surface area contributed by atoms with Crippen LogP contribution >= 0.6 is 12.2 Å². The van der Waals surface area contributed by atoms with Crippen molar-refractivity contribution in [3.63, 3.8) is 0 Å². The van der Waals surface area contributed by atoms with Gasteiger partial charge in [-0.3, -0.25) is 9.88 Å². The molecule has 0 unspecified atom stereocenters. The van der Waals surface area contributed by atoms with Crippen molar-refractivity contribution in [3.8, 4) is 0 Å². The van der Waals surface area contributed by atoms with E-state index in [1.54, 1.807) is 0 Å². The number of aryl methyl sites for hydroxylation is 1. The van der Waals surface area contributed by atoms with E-state index in [-0.39, 0.29) is 12.1 Å². The molecular weight excluding hydrogens is 394 g/mol. The SMILES string of the molecule is Cc1cc([C@@H]2[C@@H](c3ccccn3)NC(=S)N2CCN2CCOCC2)c(C)n1C(C)C. The number of nitrogens with one attached hydrogen (secondary N) is 1. The molecule has 2 aliphatic rings. The Hall–Kier alpha value is -1.96. The summed E-state index contributed by atoms with van der Waals surface area (Å²) in [5, 5.41) is 4.40. The van der Waals surface area contributed by atoms with Crippen LogP contribution in [-0.2, 0) is 4.74 Å². The van der Waals surface area contributed by atoms with Gasteiger partial charge in [-0.25, -0.2) is 0 Å². The van der Waals surface area contributed by atoms with Crippen LogP contribution < -0.4 is 5.32 Å². The monoisotopic (exact) mass is 427 g/mol. The Morgan fingerprint density at radius 2 is 1.97 bits per heavy atom. The molecule has 2 aliphatic heterocycles. The summed E-state index contributed by atoms with van der Waals surface area (Å²) in [6.45, 7) is 14.4. The molecule has 2 aromatic rings. The van der Waals surface area contributed by atoms with Gasteiger partial charge in [0.05, 0.1) is 31.0 Å². The molecule has 4 heterocycles. The number of pyridine rings is 1. The molecule has 0 bridgehead atoms. The summed E-state index contributed by atoms with van der Waals surface area (Å²) in [6.07, 6.45) is 1.87. The van der Waals surface area contributed by atoms with Crippen LogP contribution in [0.2, 0.25) is 0 Å². The van der Waals surface area contributed by atoms with Gasteiger partial charge < -0.3 is 19.5 Å². The van der Waals surface area contributed by atoms with E-state index in [4.69, 9.17) is 17.0 Å². The Kier molecular flexibility index (Phi) is 6.41. The minimum absolute atomic E-state index is 0.0458. The van der Waals surface area contributed by atoms with Gasteiger partial charge >= 0.3 is 0 Å². The Bertz CT molecular complexity index is 875. The highest BCUT2D eigenvalue weighted by atomic mass is 32.1. The van der Waals surface area contributed by atoms with Crippen LogP contribution in [0.3, 0.4) is 0 Å². The fourth-order valence-corrected chi connectivity index (χ4v) is 5.29. The summed E-state index contributed by atoms with van der Waals surface area (Å²) < 4.78 is 7.93. The summed E-state index contributed by atoms with van der Waals surface area (Å²) in [7, 11) is 0. The molecule has 0 radical (unpaired) electrons. The zero-order valence-corrected chi connectivity index (χ0v) is 19.3. The number of nitrogens with zero attached hydrogens (tertiary/aromatic N) is 4. The van der Waals surface area contributed by atoms with Gasteiger partial charge in [0.1, 0.15) is 0 Å². The highest BCUT2D eigenvalue weighted by Crippen LogP contribution is 2.41. The quantitative estimate of drug-likeness (QED) is 0.713. The fourth-order valence-electron chi connectivity index (χ4n) is 4.96. The number of hydrogen-bond donors (Lipinski definition) is 1. The molecule has 0 aliphatic carbocycles. The summed E-state index contributed by atoms with van der Waals surface area (Å²) in [5.74, 6) is 0. The Balaban J connectivity index is 1.68. The lowest BCUT2D eigenvalue weighted by atomic mass is 9.96. The van der Waals surface area contributed by atoms with Gasteiger partial charge in [0.25, 0.3) is 0 Å². The van der Waals surface area contributed by atoms with Gasteiger partial charge in [-0.05, 0) is 63.7 Å². The Morgan fingerprint density at radius 3 is 2.60 bits per heavy atom. The van der Waals surface area contributed by atoms with E-state index in [9.17, 15) is 0 Å². The molecular formula is C23H33N5OS. The van der Waals surface area contributed by atoms with E-state index >= 15 is 0 Å². The largest absolute Gasteiger partial charge is 0.379 e. The number of thiocarbonyl (C=S) groups is 1. The van der Waals surface area contributed by atoms with Crippen molar-refractivity contribution in [2.45, 2.75) is 45.8 Å². The first-order chi connectivity index (χ1) is 14.5. The van der Waals surface area contributed by atoms with E-state index in [1.165, 1.54) is 17.0 Å². The van der Waals surface area contributed by atoms with Gasteiger partial charge in [-0.1, -0.05) is 6.07 Å². The number of rotatable bonds is 6. The zero-order chi connectivity index (χ0) is 21.3. The minimum atomic E-state index is 0.0458. The topological polar surface area (TPSA) is 45.6 Å². The van der Waals surface area contributed by atoms with Gasteiger partial charge in [-0.15, -0.1) is 0 Å². The number of morpholine rings is 1. The summed E-state index contributed by atoms with van der Waals surface area (Å²) >= 11 is 5.83. The van der Waals surface area contributed by atoms with Crippen molar-refractivity contribution in [1.29, 1.82) is 0 Å². The molecule has 30 heavy (non-hydrogen) atoms. The van der Waals surface area contributed by atoms with E-state index < -0.39 is 0 Å². The summed E-state index contributed by atoms with van der Waals surface area (Å²) in [4.78, 5) is 9.51. The van der Waals surface area contributed by atoms with Crippen LogP contribution in [0.4, 0.5) is 0 Å². The normalized spacial score (nSPS) is 22.7. The second-order valence-corrected chi connectivity index (χ2v) is 8.95. The van der Waals surface area contributed by atoms with Gasteiger partial charge in [-0.2, -0.15) is 0 Å². The molecule has 2 aromatic heterocycles. The van der Waals surface area contributed by atoms with Crippen LogP contribution in [-0.4, -0.2) is 63.9 Å². The second-order valence-electron chi connectivity index (χ2n) is 8.56. The molecule has 2 fully saturated rings. The molecule has 0 amide bonds. The third-order valence-corrected chi connectivity index (χ3v) is 6.67. The lowest BCUT2D eigenvalue weighted by Gasteiger charge is -2.32. The number of aromatic nitrogens is 2. The van der Waals surface area contributed by atoms with Crippen LogP contribution in [0.1, 0.15) is 54.6 Å². The van der Waals surface area contributed by atoms with Crippen LogP contribution in [0.5, 0.6) is 0 Å². The number of ether oxygens (including phenoxy) is 1. The zero-order valence-electron chi connectivity index (χ0n) is 18.5. The minimum Gasteiger partial charge on any atom is -0.379 e. The molecule has 0 aromatic carbocycles. The summed E-state index contributed by atoms with van der Waals surface area (Å²) in [6, 6.07) is 9.06. The van der Waals surface area contributed by atoms with Gasteiger partial charge in [0.2, 0.25) is 0 Å². The molecule has 0 saturated carbocycles. The van der Waals surface area contributed by atoms with Crippen molar-refractivity contribution >= 4 is 17.3 Å². The third-order valence-electron chi connectivity index (χ3n) is 6.32. The van der Waals surface area contributed by atoms with Gasteiger partial charge in [0, 0.05) is 49.8 Å². The molecule has 162 valence electrons. The van der Waals surface area contributed by atoms with Gasteiger partial charge in [0.15, 0.2) is 5.11 Å². The summed E-state index contributed by atoms with van der Waals surface area (Å²) in [5.41, 5.74) is 4.98. The first-order valence-electron chi connectivity index (χ1n) is 10.9. The Labute approximate surface area is 185 Å². The lowest BCUT2D eigenvalue weighted by molar-refractivity contribution is 0.0350. The molecule has 7 heteroatoms. The molecule has 2 saturated heterocycles. The van der Waals surface area contributed by atoms with Crippen molar-refractivity contribution in [2.24, 2.45) is 0 Å². The maximum Gasteiger partial charge on any atom is 0.170 e. The van der Waals surface area contributed by atoms with E-state index in [1.807, 2.05) is 12.3 Å². The molecule has 0 spiro atoms. The smallest absolute Gasteiger partial charge is 0.170 e. The first-order valence-corrected chi connectivity index (χ1v) is 11.3. The van der Waals surface area contributed by atoms with Crippen LogP contribution in [0.25, 0.3) is 0 Å². The average molecular weight is 428 g/mol. The predicted molar refractivity (Wildman–Crippen MR) is 124 cm³/mol. The molecule has 1 N–H and O–H groups in total. The van der Waals surface area contributed by atoms with Crippen molar-refractivity contribution < 1.29 is 4.74 Å². The highest BCUT2D eigenvalue weighted by Gasteiger charge is 2.41. The van der Waals surface area contributed by atoms with Crippen molar-refractivity contribution in [2.75, 3.05) is 39.4 Å². The molecule has 6 nitrogen and oxygen atoms in total. The lowest BCUT2D eigenvalue weighted by Crippen LogP contribution is -2.42.